The van der Waals surface area contributed by atoms with E-state index in [9.17, 15) is 19.7 Å². The van der Waals surface area contributed by atoms with Gasteiger partial charge in [-0.05, 0) is 36.4 Å². The van der Waals surface area contributed by atoms with Crippen LogP contribution in [0.5, 0.6) is 11.5 Å². The Morgan fingerprint density at radius 3 is 2.19 bits per heavy atom. The van der Waals surface area contributed by atoms with Gasteiger partial charge >= 0.3 is 0 Å². The van der Waals surface area contributed by atoms with Crippen molar-refractivity contribution in [1.29, 1.82) is 0 Å². The third-order valence-electron chi connectivity index (χ3n) is 6.34. The molecule has 190 valence electrons. The fourth-order valence-corrected chi connectivity index (χ4v) is 4.98. The summed E-state index contributed by atoms with van der Waals surface area (Å²) in [6, 6.07) is 14.7. The van der Waals surface area contributed by atoms with Gasteiger partial charge < -0.3 is 9.47 Å². The van der Waals surface area contributed by atoms with Crippen LogP contribution in [-0.4, -0.2) is 37.1 Å². The minimum Gasteiger partial charge on any atom is -0.493 e. The van der Waals surface area contributed by atoms with Crippen molar-refractivity contribution in [2.24, 2.45) is 5.92 Å². The molecule has 0 aromatic heterocycles. The van der Waals surface area contributed by atoms with Crippen molar-refractivity contribution in [2.45, 2.75) is 12.1 Å². The molecule has 3 aromatic carbocycles. The Labute approximate surface area is 220 Å². The molecule has 2 heterocycles. The molecule has 12 heteroatoms. The normalized spacial score (nSPS) is 20.8. The van der Waals surface area contributed by atoms with Gasteiger partial charge in [0, 0.05) is 0 Å². The summed E-state index contributed by atoms with van der Waals surface area (Å²) in [5, 5.41) is 13.9. The first-order chi connectivity index (χ1) is 17.8. The molecule has 0 saturated carbocycles. The first-order valence-electron chi connectivity index (χ1n) is 11.0. The second-order valence-electron chi connectivity index (χ2n) is 8.29. The van der Waals surface area contributed by atoms with Gasteiger partial charge in [0.15, 0.2) is 17.6 Å². The molecule has 2 amide bonds. The van der Waals surface area contributed by atoms with Crippen LogP contribution in [0.3, 0.4) is 0 Å². The summed E-state index contributed by atoms with van der Waals surface area (Å²) in [5.41, 5.74) is 0.527. The highest BCUT2D eigenvalue weighted by Gasteiger charge is 2.61. The minimum absolute atomic E-state index is 0.121. The SMILES string of the molecule is COc1cc([C@H]2[C@@H]3C(=O)N(c4ccc(Cl)c(Cl)c4)C(=O)[C@H]3ON2c2ccccc2)c([N+](=O)[O-])cc1OC. The van der Waals surface area contributed by atoms with Gasteiger partial charge in [-0.1, -0.05) is 41.4 Å². The number of para-hydroxylation sites is 1. The number of methoxy groups -OCH3 is 2. The van der Waals surface area contributed by atoms with E-state index < -0.39 is 34.8 Å². The van der Waals surface area contributed by atoms with E-state index in [1.54, 1.807) is 30.3 Å². The number of anilines is 2. The van der Waals surface area contributed by atoms with Crippen LogP contribution in [0.4, 0.5) is 17.1 Å². The van der Waals surface area contributed by atoms with E-state index in [0.717, 1.165) is 4.90 Å². The summed E-state index contributed by atoms with van der Waals surface area (Å²) < 4.78 is 10.6. The third kappa shape index (κ3) is 4.03. The molecule has 5 rings (SSSR count). The average molecular weight is 544 g/mol. The quantitative estimate of drug-likeness (QED) is 0.243. The number of nitrogens with zero attached hydrogens (tertiary/aromatic N) is 3. The van der Waals surface area contributed by atoms with Crippen LogP contribution < -0.4 is 19.4 Å². The number of carbonyl (C=O) groups is 2. The number of rotatable bonds is 6. The van der Waals surface area contributed by atoms with Gasteiger partial charge in [0.25, 0.3) is 11.6 Å². The maximum Gasteiger partial charge on any atom is 0.278 e. The molecule has 0 spiro atoms. The summed E-state index contributed by atoms with van der Waals surface area (Å²) >= 11 is 12.1. The number of nitro benzene ring substituents is 1. The molecule has 2 aliphatic heterocycles. The Kier molecular flexibility index (Phi) is 6.40. The predicted molar refractivity (Wildman–Crippen MR) is 135 cm³/mol. The fraction of sp³-hybridized carbons (Fsp3) is 0.200. The van der Waals surface area contributed by atoms with Crippen LogP contribution >= 0.6 is 23.2 Å². The first-order valence-corrected chi connectivity index (χ1v) is 11.8. The molecule has 2 fully saturated rings. The number of fused-ring (bicyclic) bond motifs is 1. The second-order valence-corrected chi connectivity index (χ2v) is 9.11. The van der Waals surface area contributed by atoms with E-state index in [1.807, 2.05) is 0 Å². The molecule has 10 nitrogen and oxygen atoms in total. The summed E-state index contributed by atoms with van der Waals surface area (Å²) in [6.45, 7) is 0. The van der Waals surface area contributed by atoms with Crippen molar-refractivity contribution in [2.75, 3.05) is 24.2 Å². The number of hydrogen-bond acceptors (Lipinski definition) is 8. The predicted octanol–water partition coefficient (Wildman–Crippen LogP) is 4.97. The van der Waals surface area contributed by atoms with E-state index in [2.05, 4.69) is 0 Å². The number of imide groups is 1. The van der Waals surface area contributed by atoms with Crippen molar-refractivity contribution < 1.29 is 28.8 Å². The number of halogens is 2. The average Bonchev–Trinajstić information content (AvgIpc) is 3.41. The highest BCUT2D eigenvalue weighted by molar-refractivity contribution is 6.42. The smallest absolute Gasteiger partial charge is 0.278 e. The van der Waals surface area contributed by atoms with E-state index in [0.29, 0.717) is 5.69 Å². The highest BCUT2D eigenvalue weighted by atomic mass is 35.5. The lowest BCUT2D eigenvalue weighted by Crippen LogP contribution is -2.37. The highest BCUT2D eigenvalue weighted by Crippen LogP contribution is 2.51. The molecule has 0 N–H and O–H groups in total. The van der Waals surface area contributed by atoms with Crippen LogP contribution in [-0.2, 0) is 14.4 Å². The van der Waals surface area contributed by atoms with Crippen LogP contribution in [0, 0.1) is 16.0 Å². The number of hydrogen-bond donors (Lipinski definition) is 0. The van der Waals surface area contributed by atoms with E-state index >= 15 is 0 Å². The molecule has 0 bridgehead atoms. The number of nitro groups is 1. The summed E-state index contributed by atoms with van der Waals surface area (Å²) in [4.78, 5) is 45.9. The Balaban J connectivity index is 1.68. The number of amides is 2. The van der Waals surface area contributed by atoms with Gasteiger partial charge in [0.1, 0.15) is 12.0 Å². The Bertz CT molecular complexity index is 1420. The number of ether oxygens (including phenoxy) is 2. The Morgan fingerprint density at radius 2 is 1.57 bits per heavy atom. The first kappa shape index (κ1) is 24.8. The van der Waals surface area contributed by atoms with Crippen LogP contribution in [0.25, 0.3) is 0 Å². The Hall–Kier alpha value is -3.86. The molecule has 0 unspecified atom stereocenters. The zero-order valence-electron chi connectivity index (χ0n) is 19.5. The van der Waals surface area contributed by atoms with Gasteiger partial charge in [0.05, 0.1) is 52.2 Å². The minimum atomic E-state index is -1.24. The molecular formula is C25H19Cl2N3O7. The van der Waals surface area contributed by atoms with Crippen LogP contribution in [0.2, 0.25) is 10.0 Å². The second kappa shape index (κ2) is 9.55. The standard InChI is InChI=1S/C25H19Cl2N3O7/c1-35-19-11-15(18(30(33)34)12-20(19)36-2)22-21-23(37-29(22)13-6-4-3-5-7-13)25(32)28(24(21)31)14-8-9-16(26)17(27)10-14/h3-12,21-23H,1-2H3/t21-,22-,23-/m0/s1. The zero-order valence-corrected chi connectivity index (χ0v) is 21.0. The van der Waals surface area contributed by atoms with Gasteiger partial charge in [-0.15, -0.1) is 0 Å². The molecule has 37 heavy (non-hydrogen) atoms. The van der Waals surface area contributed by atoms with Crippen molar-refractivity contribution in [3.8, 4) is 11.5 Å². The van der Waals surface area contributed by atoms with Crippen molar-refractivity contribution in [3.05, 3.63) is 86.4 Å². The molecule has 2 aliphatic rings. The van der Waals surface area contributed by atoms with Gasteiger partial charge in [-0.25, -0.2) is 9.96 Å². The van der Waals surface area contributed by atoms with Crippen molar-refractivity contribution in [1.82, 2.24) is 0 Å². The lowest BCUT2D eigenvalue weighted by atomic mass is 9.89. The summed E-state index contributed by atoms with van der Waals surface area (Å²) in [5.74, 6) is -1.97. The number of hydroxylamine groups is 1. The maximum absolute atomic E-state index is 13.8. The van der Waals surface area contributed by atoms with E-state index in [-0.39, 0.29) is 38.5 Å². The molecule has 3 atom stereocenters. The van der Waals surface area contributed by atoms with Gasteiger partial charge in [0.2, 0.25) is 5.91 Å². The monoisotopic (exact) mass is 543 g/mol. The summed E-state index contributed by atoms with van der Waals surface area (Å²) in [6.07, 6.45) is -1.24. The Morgan fingerprint density at radius 1 is 0.892 bits per heavy atom. The number of benzene rings is 3. The largest absolute Gasteiger partial charge is 0.493 e. The molecule has 0 radical (unpaired) electrons. The molecule has 3 aromatic rings. The summed E-state index contributed by atoms with van der Waals surface area (Å²) in [7, 11) is 2.76. The molecule has 0 aliphatic carbocycles. The molecular weight excluding hydrogens is 525 g/mol. The fourth-order valence-electron chi connectivity index (χ4n) is 4.69. The van der Waals surface area contributed by atoms with Crippen LogP contribution in [0.1, 0.15) is 11.6 Å². The van der Waals surface area contributed by atoms with Gasteiger partial charge in [-0.2, -0.15) is 0 Å². The molecule has 2 saturated heterocycles. The van der Waals surface area contributed by atoms with Crippen molar-refractivity contribution >= 4 is 52.1 Å². The van der Waals surface area contributed by atoms with E-state index in [4.69, 9.17) is 37.5 Å². The van der Waals surface area contributed by atoms with Crippen LogP contribution in [0.15, 0.2) is 60.7 Å². The zero-order chi connectivity index (χ0) is 26.4. The maximum atomic E-state index is 13.8. The topological polar surface area (TPSA) is 111 Å². The van der Waals surface area contributed by atoms with Crippen molar-refractivity contribution in [3.63, 3.8) is 0 Å². The lowest BCUT2D eigenvalue weighted by Gasteiger charge is -2.29. The third-order valence-corrected chi connectivity index (χ3v) is 7.07. The number of carbonyl (C=O) groups excluding carboxylic acids is 2. The van der Waals surface area contributed by atoms with Gasteiger partial charge in [-0.3, -0.25) is 24.5 Å². The van der Waals surface area contributed by atoms with E-state index in [1.165, 1.54) is 49.6 Å². The lowest BCUT2D eigenvalue weighted by molar-refractivity contribution is -0.385.